The third-order valence-electron chi connectivity index (χ3n) is 2.63. The number of hydrogen-bond donors (Lipinski definition) is 0. The molecule has 0 radical (unpaired) electrons. The molecule has 1 aromatic carbocycles. The molecule has 0 saturated heterocycles. The summed E-state index contributed by atoms with van der Waals surface area (Å²) >= 11 is 1.44. The van der Waals surface area contributed by atoms with Crippen LogP contribution in [0.15, 0.2) is 59.0 Å². The van der Waals surface area contributed by atoms with E-state index in [1.165, 1.54) is 11.3 Å². The van der Waals surface area contributed by atoms with Crippen LogP contribution in [-0.2, 0) is 0 Å². The summed E-state index contributed by atoms with van der Waals surface area (Å²) in [6, 6.07) is 13.3. The Bertz CT molecular complexity index is 725. The van der Waals surface area contributed by atoms with Gasteiger partial charge in [0.25, 0.3) is 0 Å². The van der Waals surface area contributed by atoms with Crippen LogP contribution in [0, 0.1) is 0 Å². The van der Waals surface area contributed by atoms with Crippen LogP contribution in [0.4, 0.5) is 5.13 Å². The molecule has 0 aliphatic heterocycles. The van der Waals surface area contributed by atoms with Crippen molar-refractivity contribution in [2.75, 3.05) is 0 Å². The Labute approximate surface area is 120 Å². The Hall–Kier alpha value is -2.53. The minimum atomic E-state index is 0.527. The zero-order valence-corrected chi connectivity index (χ0v) is 11.4. The van der Waals surface area contributed by atoms with Crippen molar-refractivity contribution in [3.05, 3.63) is 54.0 Å². The Morgan fingerprint density at radius 2 is 1.95 bits per heavy atom. The van der Waals surface area contributed by atoms with Crippen molar-refractivity contribution in [2.45, 2.75) is 0 Å². The molecule has 0 aliphatic carbocycles. The number of hydrogen-bond acceptors (Lipinski definition) is 5. The van der Waals surface area contributed by atoms with E-state index in [-0.39, 0.29) is 0 Å². The molecule has 0 bridgehead atoms. The van der Waals surface area contributed by atoms with Crippen LogP contribution in [0.2, 0.25) is 0 Å². The second-order valence-electron chi connectivity index (χ2n) is 3.94. The molecule has 5 heteroatoms. The van der Waals surface area contributed by atoms with Gasteiger partial charge in [-0.1, -0.05) is 18.2 Å². The summed E-state index contributed by atoms with van der Waals surface area (Å²) in [5, 5.41) is 2.55. The lowest BCUT2D eigenvalue weighted by Gasteiger charge is -2.07. The molecule has 0 amide bonds. The summed E-state index contributed by atoms with van der Waals surface area (Å²) in [6.45, 7) is 3.48. The number of rotatable bonds is 4. The molecule has 0 spiro atoms. The maximum atomic E-state index is 5.81. The van der Waals surface area contributed by atoms with E-state index < -0.39 is 0 Å². The Kier molecular flexibility index (Phi) is 3.52. The normalized spacial score (nSPS) is 10.2. The molecule has 3 rings (SSSR count). The second kappa shape index (κ2) is 5.63. The van der Waals surface area contributed by atoms with E-state index in [0.29, 0.717) is 11.0 Å². The van der Waals surface area contributed by atoms with Gasteiger partial charge in [0, 0.05) is 11.6 Å². The maximum Gasteiger partial charge on any atom is 0.228 e. The van der Waals surface area contributed by atoms with E-state index in [1.807, 2.05) is 47.8 Å². The molecule has 0 unspecified atom stereocenters. The van der Waals surface area contributed by atoms with Gasteiger partial charge in [0.2, 0.25) is 11.0 Å². The molecule has 0 saturated carbocycles. The number of ether oxygens (including phenoxy) is 1. The fraction of sp³-hybridized carbons (Fsp3) is 0. The molecule has 2 heterocycles. The number of pyridine rings is 1. The summed E-state index contributed by atoms with van der Waals surface area (Å²) < 4.78 is 5.81. The van der Waals surface area contributed by atoms with E-state index in [4.69, 9.17) is 4.74 Å². The molecule has 0 atom stereocenters. The number of thiazole rings is 1. The van der Waals surface area contributed by atoms with Crippen molar-refractivity contribution < 1.29 is 4.74 Å². The van der Waals surface area contributed by atoms with Gasteiger partial charge in [0.15, 0.2) is 0 Å². The van der Waals surface area contributed by atoms with Crippen molar-refractivity contribution in [3.63, 3.8) is 0 Å². The van der Waals surface area contributed by atoms with Crippen LogP contribution >= 0.6 is 11.3 Å². The first kappa shape index (κ1) is 12.5. The van der Waals surface area contributed by atoms with Crippen LogP contribution in [-0.4, -0.2) is 16.7 Å². The molecule has 0 fully saturated rings. The lowest BCUT2D eigenvalue weighted by molar-refractivity contribution is 0.465. The first-order valence-electron chi connectivity index (χ1n) is 5.97. The highest BCUT2D eigenvalue weighted by Crippen LogP contribution is 2.33. The van der Waals surface area contributed by atoms with Gasteiger partial charge in [-0.3, -0.25) is 0 Å². The largest absolute Gasteiger partial charge is 0.438 e. The van der Waals surface area contributed by atoms with Crippen LogP contribution in [0.25, 0.3) is 11.3 Å². The summed E-state index contributed by atoms with van der Waals surface area (Å²) in [4.78, 5) is 12.5. The van der Waals surface area contributed by atoms with Gasteiger partial charge < -0.3 is 4.74 Å². The summed E-state index contributed by atoms with van der Waals surface area (Å²) in [7, 11) is 0. The monoisotopic (exact) mass is 281 g/mol. The van der Waals surface area contributed by atoms with Crippen LogP contribution in [0.1, 0.15) is 0 Å². The third-order valence-corrected chi connectivity index (χ3v) is 3.40. The zero-order chi connectivity index (χ0) is 13.8. The highest BCUT2D eigenvalue weighted by molar-refractivity contribution is 7.13. The van der Waals surface area contributed by atoms with E-state index in [2.05, 4.69) is 21.7 Å². The number of aliphatic imine (C=N–C) groups is 1. The number of aromatic nitrogens is 2. The van der Waals surface area contributed by atoms with Crippen molar-refractivity contribution in [1.29, 1.82) is 0 Å². The average molecular weight is 281 g/mol. The van der Waals surface area contributed by atoms with Crippen molar-refractivity contribution in [2.24, 2.45) is 4.99 Å². The first-order chi connectivity index (χ1) is 9.86. The fourth-order valence-electron chi connectivity index (χ4n) is 1.73. The fourth-order valence-corrected chi connectivity index (χ4v) is 2.35. The van der Waals surface area contributed by atoms with Crippen molar-refractivity contribution >= 4 is 23.2 Å². The van der Waals surface area contributed by atoms with E-state index in [9.17, 15) is 0 Å². The minimum Gasteiger partial charge on any atom is -0.438 e. The summed E-state index contributed by atoms with van der Waals surface area (Å²) in [6.07, 6.45) is 1.70. The average Bonchev–Trinajstić information content (AvgIpc) is 2.98. The highest BCUT2D eigenvalue weighted by atomic mass is 32.1. The minimum absolute atomic E-state index is 0.527. The van der Waals surface area contributed by atoms with E-state index in [0.717, 1.165) is 17.0 Å². The molecular formula is C15H11N3OS. The smallest absolute Gasteiger partial charge is 0.228 e. The van der Waals surface area contributed by atoms with Crippen LogP contribution in [0.3, 0.4) is 0 Å². The van der Waals surface area contributed by atoms with Gasteiger partial charge in [0.1, 0.15) is 5.75 Å². The standard InChI is InChI=1S/C15H11N3OS/c1-16-15-18-13(10-20-15)12-8-5-9-17-14(12)19-11-6-3-2-4-7-11/h2-10H,1H2. The molecule has 4 nitrogen and oxygen atoms in total. The molecule has 2 aromatic heterocycles. The predicted molar refractivity (Wildman–Crippen MR) is 81.1 cm³/mol. The number of nitrogens with zero attached hydrogens (tertiary/aromatic N) is 3. The molecular weight excluding hydrogens is 270 g/mol. The van der Waals surface area contributed by atoms with Gasteiger partial charge in [-0.25, -0.2) is 15.0 Å². The quantitative estimate of drug-likeness (QED) is 0.669. The highest BCUT2D eigenvalue weighted by Gasteiger charge is 2.11. The topological polar surface area (TPSA) is 47.4 Å². The third kappa shape index (κ3) is 2.57. The van der Waals surface area contributed by atoms with Crippen molar-refractivity contribution in [3.8, 4) is 22.9 Å². The Balaban J connectivity index is 1.98. The van der Waals surface area contributed by atoms with Crippen LogP contribution in [0.5, 0.6) is 11.6 Å². The number of para-hydroxylation sites is 1. The van der Waals surface area contributed by atoms with Gasteiger partial charge in [0.05, 0.1) is 11.3 Å². The van der Waals surface area contributed by atoms with Gasteiger partial charge in [-0.05, 0) is 31.0 Å². The lowest BCUT2D eigenvalue weighted by atomic mass is 10.2. The molecule has 0 aliphatic rings. The molecule has 20 heavy (non-hydrogen) atoms. The predicted octanol–water partition coefficient (Wildman–Crippen LogP) is 4.33. The van der Waals surface area contributed by atoms with Crippen molar-refractivity contribution in [1.82, 2.24) is 9.97 Å². The first-order valence-corrected chi connectivity index (χ1v) is 6.85. The lowest BCUT2D eigenvalue weighted by Crippen LogP contribution is -1.91. The van der Waals surface area contributed by atoms with Crippen LogP contribution < -0.4 is 4.74 Å². The summed E-state index contributed by atoms with van der Waals surface area (Å²) in [5.74, 6) is 1.27. The summed E-state index contributed by atoms with van der Waals surface area (Å²) in [5.41, 5.74) is 1.62. The van der Waals surface area contributed by atoms with Gasteiger partial charge >= 0.3 is 0 Å². The maximum absolute atomic E-state index is 5.81. The number of benzene rings is 1. The Morgan fingerprint density at radius 3 is 2.70 bits per heavy atom. The molecule has 3 aromatic rings. The van der Waals surface area contributed by atoms with E-state index >= 15 is 0 Å². The SMILES string of the molecule is C=Nc1nc(-c2cccnc2Oc2ccccc2)cs1. The second-order valence-corrected chi connectivity index (χ2v) is 4.78. The zero-order valence-electron chi connectivity index (χ0n) is 10.6. The Morgan fingerprint density at radius 1 is 1.10 bits per heavy atom. The van der Waals surface area contributed by atoms with Gasteiger partial charge in [-0.15, -0.1) is 11.3 Å². The van der Waals surface area contributed by atoms with E-state index in [1.54, 1.807) is 6.20 Å². The molecule has 98 valence electrons. The molecule has 0 N–H and O–H groups in total. The van der Waals surface area contributed by atoms with Gasteiger partial charge in [-0.2, -0.15) is 0 Å².